The average molecular weight is 316 g/mol. The Hall–Kier alpha value is -1.97. The maximum Gasteiger partial charge on any atom is 0.185 e. The standard InChI is InChI=1S/C16H17FN4S/c1-12-11-22-16(19-12)21-6-4-20(5-7-21)10-14-8-13(9-18)2-3-15(14)17/h2-3,8,11H,4-7,10H2,1H3. The van der Waals surface area contributed by atoms with Gasteiger partial charge in [-0.15, -0.1) is 11.3 Å². The smallest absolute Gasteiger partial charge is 0.185 e. The van der Waals surface area contributed by atoms with Crippen LogP contribution < -0.4 is 4.90 Å². The molecule has 2 heterocycles. The molecular weight excluding hydrogens is 299 g/mol. The molecular formula is C16H17FN4S. The first-order valence-electron chi connectivity index (χ1n) is 7.23. The zero-order valence-corrected chi connectivity index (χ0v) is 13.2. The molecule has 0 atom stereocenters. The fraction of sp³-hybridized carbons (Fsp3) is 0.375. The third kappa shape index (κ3) is 3.26. The molecule has 0 saturated carbocycles. The minimum absolute atomic E-state index is 0.239. The van der Waals surface area contributed by atoms with Crippen LogP contribution in [0.1, 0.15) is 16.8 Å². The number of rotatable bonds is 3. The van der Waals surface area contributed by atoms with Crippen LogP contribution in [0.5, 0.6) is 0 Å². The summed E-state index contributed by atoms with van der Waals surface area (Å²) in [7, 11) is 0. The van der Waals surface area contributed by atoms with E-state index in [0.717, 1.165) is 37.0 Å². The highest BCUT2D eigenvalue weighted by atomic mass is 32.1. The van der Waals surface area contributed by atoms with Crippen LogP contribution in [0.25, 0.3) is 0 Å². The van der Waals surface area contributed by atoms with E-state index in [-0.39, 0.29) is 5.82 Å². The second kappa shape index (κ2) is 6.42. The lowest BCUT2D eigenvalue weighted by Crippen LogP contribution is -2.46. The van der Waals surface area contributed by atoms with Crippen LogP contribution in [0.2, 0.25) is 0 Å². The van der Waals surface area contributed by atoms with E-state index in [4.69, 9.17) is 5.26 Å². The van der Waals surface area contributed by atoms with Crippen molar-refractivity contribution in [2.24, 2.45) is 0 Å². The van der Waals surface area contributed by atoms with E-state index >= 15 is 0 Å². The number of benzene rings is 1. The predicted molar refractivity (Wildman–Crippen MR) is 85.5 cm³/mol. The summed E-state index contributed by atoms with van der Waals surface area (Å²) in [4.78, 5) is 9.00. The molecule has 1 aromatic carbocycles. The van der Waals surface area contributed by atoms with Gasteiger partial charge in [-0.1, -0.05) is 0 Å². The molecule has 0 aliphatic carbocycles. The maximum atomic E-state index is 13.9. The number of nitrogens with zero attached hydrogens (tertiary/aromatic N) is 4. The quantitative estimate of drug-likeness (QED) is 0.873. The molecule has 1 saturated heterocycles. The first-order valence-corrected chi connectivity index (χ1v) is 8.11. The van der Waals surface area contributed by atoms with Crippen molar-refractivity contribution >= 4 is 16.5 Å². The molecule has 0 unspecified atom stereocenters. The lowest BCUT2D eigenvalue weighted by atomic mass is 10.1. The van der Waals surface area contributed by atoms with E-state index in [0.29, 0.717) is 17.7 Å². The second-order valence-electron chi connectivity index (χ2n) is 5.45. The van der Waals surface area contributed by atoms with E-state index < -0.39 is 0 Å². The largest absolute Gasteiger partial charge is 0.346 e. The van der Waals surface area contributed by atoms with Crippen molar-refractivity contribution in [1.82, 2.24) is 9.88 Å². The van der Waals surface area contributed by atoms with Crippen molar-refractivity contribution in [2.45, 2.75) is 13.5 Å². The van der Waals surface area contributed by atoms with Gasteiger partial charge >= 0.3 is 0 Å². The van der Waals surface area contributed by atoms with Crippen LogP contribution in [0, 0.1) is 24.1 Å². The fourth-order valence-electron chi connectivity index (χ4n) is 2.59. The number of aromatic nitrogens is 1. The van der Waals surface area contributed by atoms with Crippen molar-refractivity contribution in [3.8, 4) is 6.07 Å². The SMILES string of the molecule is Cc1csc(N2CCN(Cc3cc(C#N)ccc3F)CC2)n1. The zero-order valence-electron chi connectivity index (χ0n) is 12.4. The van der Waals surface area contributed by atoms with Gasteiger partial charge in [-0.25, -0.2) is 9.37 Å². The minimum Gasteiger partial charge on any atom is -0.346 e. The van der Waals surface area contributed by atoms with Crippen LogP contribution in [-0.2, 0) is 6.54 Å². The van der Waals surface area contributed by atoms with Crippen LogP contribution in [-0.4, -0.2) is 36.1 Å². The van der Waals surface area contributed by atoms with Gasteiger partial charge < -0.3 is 4.90 Å². The summed E-state index contributed by atoms with van der Waals surface area (Å²) in [5.74, 6) is -0.239. The normalized spacial score (nSPS) is 15.8. The van der Waals surface area contributed by atoms with E-state index in [1.165, 1.54) is 12.1 Å². The number of aryl methyl sites for hydroxylation is 1. The van der Waals surface area contributed by atoms with Crippen molar-refractivity contribution in [3.63, 3.8) is 0 Å². The molecule has 6 heteroatoms. The zero-order chi connectivity index (χ0) is 15.5. The summed E-state index contributed by atoms with van der Waals surface area (Å²) in [6.07, 6.45) is 0. The summed E-state index contributed by atoms with van der Waals surface area (Å²) < 4.78 is 13.9. The lowest BCUT2D eigenvalue weighted by molar-refractivity contribution is 0.246. The Morgan fingerprint density at radius 3 is 2.73 bits per heavy atom. The maximum absolute atomic E-state index is 13.9. The van der Waals surface area contributed by atoms with Crippen LogP contribution in [0.15, 0.2) is 23.6 Å². The summed E-state index contributed by atoms with van der Waals surface area (Å²) >= 11 is 1.67. The van der Waals surface area contributed by atoms with Gasteiger partial charge in [0.05, 0.1) is 17.3 Å². The van der Waals surface area contributed by atoms with Gasteiger partial charge in [0.1, 0.15) is 5.82 Å². The predicted octanol–water partition coefficient (Wildman–Crippen LogP) is 2.78. The Morgan fingerprint density at radius 1 is 1.32 bits per heavy atom. The van der Waals surface area contributed by atoms with Crippen molar-refractivity contribution in [3.05, 3.63) is 46.2 Å². The van der Waals surface area contributed by atoms with E-state index in [9.17, 15) is 4.39 Å². The number of thiazole rings is 1. The van der Waals surface area contributed by atoms with Gasteiger partial charge in [0.15, 0.2) is 5.13 Å². The monoisotopic (exact) mass is 316 g/mol. The number of halogens is 1. The first-order chi connectivity index (χ1) is 10.7. The molecule has 1 aromatic heterocycles. The number of piperazine rings is 1. The van der Waals surface area contributed by atoms with Crippen LogP contribution in [0.3, 0.4) is 0 Å². The minimum atomic E-state index is -0.239. The second-order valence-corrected chi connectivity index (χ2v) is 6.29. The lowest BCUT2D eigenvalue weighted by Gasteiger charge is -2.34. The molecule has 1 aliphatic heterocycles. The molecule has 3 rings (SSSR count). The third-order valence-corrected chi connectivity index (χ3v) is 4.84. The summed E-state index contributed by atoms with van der Waals surface area (Å²) in [6.45, 7) is 6.08. The van der Waals surface area contributed by atoms with E-state index in [2.05, 4.69) is 26.2 Å². The van der Waals surface area contributed by atoms with E-state index in [1.54, 1.807) is 17.4 Å². The highest BCUT2D eigenvalue weighted by Crippen LogP contribution is 2.22. The van der Waals surface area contributed by atoms with Gasteiger partial charge in [0.25, 0.3) is 0 Å². The molecule has 0 bridgehead atoms. The molecule has 22 heavy (non-hydrogen) atoms. The Labute approximate surface area is 133 Å². The Kier molecular flexibility index (Phi) is 4.36. The van der Waals surface area contributed by atoms with Gasteiger partial charge in [-0.05, 0) is 25.1 Å². The first kappa shape index (κ1) is 14.9. The number of nitriles is 1. The molecule has 0 amide bonds. The van der Waals surface area contributed by atoms with Gasteiger partial charge in [-0.3, -0.25) is 4.90 Å². The number of hydrogen-bond donors (Lipinski definition) is 0. The summed E-state index contributed by atoms with van der Waals surface area (Å²) in [5.41, 5.74) is 2.16. The van der Waals surface area contributed by atoms with Crippen molar-refractivity contribution < 1.29 is 4.39 Å². The Bertz CT molecular complexity index is 698. The van der Waals surface area contributed by atoms with Crippen molar-refractivity contribution in [2.75, 3.05) is 31.1 Å². The summed E-state index contributed by atoms with van der Waals surface area (Å²) in [6, 6.07) is 6.60. The Morgan fingerprint density at radius 2 is 2.09 bits per heavy atom. The summed E-state index contributed by atoms with van der Waals surface area (Å²) in [5, 5.41) is 12.0. The highest BCUT2D eigenvalue weighted by Gasteiger charge is 2.20. The molecule has 1 aliphatic rings. The number of hydrogen-bond acceptors (Lipinski definition) is 5. The van der Waals surface area contributed by atoms with Crippen molar-refractivity contribution in [1.29, 1.82) is 5.26 Å². The van der Waals surface area contributed by atoms with Gasteiger partial charge in [0.2, 0.25) is 0 Å². The van der Waals surface area contributed by atoms with Gasteiger partial charge in [-0.2, -0.15) is 5.26 Å². The molecule has 4 nitrogen and oxygen atoms in total. The molecule has 2 aromatic rings. The molecule has 0 N–H and O–H groups in total. The topological polar surface area (TPSA) is 43.2 Å². The van der Waals surface area contributed by atoms with Crippen LogP contribution in [0.4, 0.5) is 9.52 Å². The average Bonchev–Trinajstić information content (AvgIpc) is 2.97. The van der Waals surface area contributed by atoms with E-state index in [1.807, 2.05) is 6.92 Å². The Balaban J connectivity index is 1.61. The van der Waals surface area contributed by atoms with Gasteiger partial charge in [0, 0.05) is 43.7 Å². The molecule has 1 fully saturated rings. The molecule has 114 valence electrons. The molecule has 0 spiro atoms. The fourth-order valence-corrected chi connectivity index (χ4v) is 3.45. The van der Waals surface area contributed by atoms with Crippen LogP contribution >= 0.6 is 11.3 Å². The third-order valence-electron chi connectivity index (χ3n) is 3.82. The highest BCUT2D eigenvalue weighted by molar-refractivity contribution is 7.13. The number of anilines is 1. The molecule has 0 radical (unpaired) electrons.